The van der Waals surface area contributed by atoms with Gasteiger partial charge in [-0.05, 0) is 18.2 Å². The quantitative estimate of drug-likeness (QED) is 0.650. The summed E-state index contributed by atoms with van der Waals surface area (Å²) < 4.78 is 39.9. The fourth-order valence-corrected chi connectivity index (χ4v) is 2.91. The molecule has 12 heteroatoms. The highest BCUT2D eigenvalue weighted by Crippen LogP contribution is 2.18. The van der Waals surface area contributed by atoms with Crippen LogP contribution in [0.4, 0.5) is 13.2 Å². The molecule has 0 aliphatic carbocycles. The van der Waals surface area contributed by atoms with E-state index < -0.39 is 12.1 Å². The number of nitrogens with zero attached hydrogens (tertiary/aromatic N) is 4. The average Bonchev–Trinajstić information content (AvgIpc) is 3.37. The maximum atomic E-state index is 12.7. The molecule has 0 radical (unpaired) electrons. The fraction of sp³-hybridized carbons (Fsp3) is 0.263. The van der Waals surface area contributed by atoms with Gasteiger partial charge in [0.25, 0.3) is 5.91 Å². The summed E-state index contributed by atoms with van der Waals surface area (Å²) in [6.45, 7) is 1.69. The lowest BCUT2D eigenvalue weighted by molar-refractivity contribution is -0.192. The fourth-order valence-electron chi connectivity index (χ4n) is 2.91. The average molecular weight is 437 g/mol. The molecule has 0 spiro atoms. The number of amides is 1. The number of aromatic nitrogens is 4. The summed E-state index contributed by atoms with van der Waals surface area (Å²) in [6, 6.07) is 9.56. The zero-order valence-electron chi connectivity index (χ0n) is 16.0. The van der Waals surface area contributed by atoms with E-state index in [0.29, 0.717) is 31.2 Å². The first-order valence-corrected chi connectivity index (χ1v) is 9.03. The Morgan fingerprint density at radius 3 is 2.58 bits per heavy atom. The zero-order chi connectivity index (χ0) is 22.4. The molecule has 3 aromatic rings. The number of carbonyl (C=O) groups excluding carboxylic acids is 1. The molecule has 31 heavy (non-hydrogen) atoms. The van der Waals surface area contributed by atoms with E-state index in [9.17, 15) is 18.0 Å². The molecule has 1 unspecified atom stereocenters. The van der Waals surface area contributed by atoms with Gasteiger partial charge >= 0.3 is 12.1 Å². The van der Waals surface area contributed by atoms with Crippen LogP contribution in [0.1, 0.15) is 16.2 Å². The Balaban J connectivity index is 0.000000339. The predicted octanol–water partition coefficient (Wildman–Crippen LogP) is 2.34. The lowest BCUT2D eigenvalue weighted by Gasteiger charge is -2.24. The van der Waals surface area contributed by atoms with Gasteiger partial charge in [-0.15, -0.1) is 0 Å². The van der Waals surface area contributed by atoms with Crippen LogP contribution in [0.15, 0.2) is 55.2 Å². The predicted molar refractivity (Wildman–Crippen MR) is 100 cm³/mol. The van der Waals surface area contributed by atoms with Crippen molar-refractivity contribution in [2.24, 2.45) is 0 Å². The van der Waals surface area contributed by atoms with Gasteiger partial charge < -0.3 is 24.3 Å². The summed E-state index contributed by atoms with van der Waals surface area (Å²) in [7, 11) is 0. The van der Waals surface area contributed by atoms with Crippen molar-refractivity contribution in [2.75, 3.05) is 6.54 Å². The molecule has 1 amide bonds. The lowest BCUT2D eigenvalue weighted by Crippen LogP contribution is -2.38. The van der Waals surface area contributed by atoms with Crippen LogP contribution in [-0.2, 0) is 17.9 Å². The number of carboxylic acid groups (broad SMARTS) is 1. The second kappa shape index (κ2) is 9.32. The number of aliphatic carboxylic acids is 1. The Hall–Kier alpha value is -3.83. The summed E-state index contributed by atoms with van der Waals surface area (Å²) in [6.07, 6.45) is 1.49. The van der Waals surface area contributed by atoms with Crippen molar-refractivity contribution in [1.29, 1.82) is 0 Å². The third kappa shape index (κ3) is 5.84. The molecular formula is C19H18F3N5O4. The van der Waals surface area contributed by atoms with Gasteiger partial charge in [0.2, 0.25) is 5.88 Å². The minimum Gasteiger partial charge on any atom is -0.475 e. The molecule has 0 aromatic carbocycles. The third-order valence-corrected chi connectivity index (χ3v) is 4.28. The summed E-state index contributed by atoms with van der Waals surface area (Å²) >= 11 is 0. The van der Waals surface area contributed by atoms with Crippen LogP contribution in [0, 0.1) is 0 Å². The molecule has 4 heterocycles. The maximum absolute atomic E-state index is 12.7. The number of nitrogens with one attached hydrogen (secondary N) is 1. The third-order valence-electron chi connectivity index (χ3n) is 4.28. The highest BCUT2D eigenvalue weighted by atomic mass is 19.4. The number of hydrogen-bond acceptors (Lipinski definition) is 5. The molecule has 0 saturated heterocycles. The number of carbonyl (C=O) groups is 2. The van der Waals surface area contributed by atoms with E-state index in [4.69, 9.17) is 14.6 Å². The number of alkyl halides is 3. The summed E-state index contributed by atoms with van der Waals surface area (Å²) in [5.41, 5.74) is 1.56. The van der Waals surface area contributed by atoms with Gasteiger partial charge in [0.1, 0.15) is 11.8 Å². The first kappa shape index (κ1) is 21.9. The first-order chi connectivity index (χ1) is 14.7. The number of ether oxygens (including phenoxy) is 1. The van der Waals surface area contributed by atoms with E-state index >= 15 is 0 Å². The number of rotatable bonds is 3. The molecule has 1 atom stereocenters. The van der Waals surface area contributed by atoms with Gasteiger partial charge in [-0.3, -0.25) is 4.79 Å². The second-order valence-corrected chi connectivity index (χ2v) is 6.51. The van der Waals surface area contributed by atoms with Crippen LogP contribution in [-0.4, -0.2) is 60.2 Å². The highest BCUT2D eigenvalue weighted by molar-refractivity contribution is 5.92. The first-order valence-electron chi connectivity index (χ1n) is 9.03. The maximum Gasteiger partial charge on any atom is 0.490 e. The minimum absolute atomic E-state index is 0.0863. The number of hydrogen-bond donors (Lipinski definition) is 2. The Morgan fingerprint density at radius 1 is 1.19 bits per heavy atom. The van der Waals surface area contributed by atoms with Crippen LogP contribution in [0.3, 0.4) is 0 Å². The number of carboxylic acids is 1. The van der Waals surface area contributed by atoms with Crippen molar-refractivity contribution < 1.29 is 32.6 Å². The van der Waals surface area contributed by atoms with Crippen molar-refractivity contribution in [3.05, 3.63) is 66.6 Å². The van der Waals surface area contributed by atoms with Gasteiger partial charge in [-0.2, -0.15) is 13.2 Å². The molecule has 1 aliphatic heterocycles. The molecule has 9 nitrogen and oxygen atoms in total. The highest BCUT2D eigenvalue weighted by Gasteiger charge is 2.38. The van der Waals surface area contributed by atoms with Crippen molar-refractivity contribution in [3.63, 3.8) is 0 Å². The van der Waals surface area contributed by atoms with Gasteiger partial charge in [0.15, 0.2) is 0 Å². The summed E-state index contributed by atoms with van der Waals surface area (Å²) in [5.74, 6) is -2.28. The van der Waals surface area contributed by atoms with E-state index in [1.54, 1.807) is 17.3 Å². The van der Waals surface area contributed by atoms with E-state index in [2.05, 4.69) is 19.5 Å². The van der Waals surface area contributed by atoms with E-state index in [1.807, 2.05) is 36.5 Å². The van der Waals surface area contributed by atoms with Crippen LogP contribution in [0.5, 0.6) is 5.88 Å². The monoisotopic (exact) mass is 437 g/mol. The molecule has 4 rings (SSSR count). The van der Waals surface area contributed by atoms with E-state index in [1.165, 1.54) is 6.33 Å². The number of H-pyrrole nitrogens is 1. The Bertz CT molecular complexity index is 1010. The Kier molecular flexibility index (Phi) is 6.58. The number of halogens is 3. The number of aromatic amines is 1. The zero-order valence-corrected chi connectivity index (χ0v) is 16.0. The van der Waals surface area contributed by atoms with E-state index in [0.717, 1.165) is 5.69 Å². The Morgan fingerprint density at radius 2 is 1.97 bits per heavy atom. The topological polar surface area (TPSA) is 113 Å². The summed E-state index contributed by atoms with van der Waals surface area (Å²) in [5, 5.41) is 7.12. The minimum atomic E-state index is -5.08. The normalized spacial score (nSPS) is 15.8. The molecule has 1 aliphatic rings. The van der Waals surface area contributed by atoms with Crippen LogP contribution in [0.25, 0.3) is 0 Å². The molecule has 2 N–H and O–H groups in total. The van der Waals surface area contributed by atoms with Crippen molar-refractivity contribution in [1.82, 2.24) is 24.4 Å². The lowest BCUT2D eigenvalue weighted by atomic mass is 10.3. The number of imidazole rings is 1. The SMILES string of the molecule is O=C(O)C(F)(F)F.O=C(c1cnc[nH]1)N1Cc2cccn2CC(Oc2ccccn2)C1. The van der Waals surface area contributed by atoms with Gasteiger partial charge in [-0.1, -0.05) is 6.07 Å². The van der Waals surface area contributed by atoms with E-state index in [-0.39, 0.29) is 12.0 Å². The standard InChI is InChI=1S/C17H17N5O2.C2HF3O2/c23-17(15-8-18-12-20-15)22-9-13-4-3-7-21(13)10-14(11-22)24-16-5-1-2-6-19-16;3-2(4,5)1(6)7/h1-8,12,14H,9-11H2,(H,18,20);(H,6,7). The van der Waals surface area contributed by atoms with Gasteiger partial charge in [0, 0.05) is 24.2 Å². The molecular weight excluding hydrogens is 419 g/mol. The van der Waals surface area contributed by atoms with Crippen molar-refractivity contribution >= 4 is 11.9 Å². The Labute approximate surface area is 174 Å². The van der Waals surface area contributed by atoms with Crippen LogP contribution in [0.2, 0.25) is 0 Å². The number of pyridine rings is 1. The molecule has 164 valence electrons. The van der Waals surface area contributed by atoms with Gasteiger partial charge in [-0.25, -0.2) is 14.8 Å². The molecule has 0 saturated carbocycles. The van der Waals surface area contributed by atoms with Crippen molar-refractivity contribution in [3.8, 4) is 5.88 Å². The molecule has 3 aromatic heterocycles. The smallest absolute Gasteiger partial charge is 0.475 e. The molecule has 0 bridgehead atoms. The number of fused-ring (bicyclic) bond motifs is 1. The van der Waals surface area contributed by atoms with Crippen LogP contribution >= 0.6 is 0 Å². The van der Waals surface area contributed by atoms with Gasteiger partial charge in [0.05, 0.1) is 32.2 Å². The molecule has 0 fully saturated rings. The van der Waals surface area contributed by atoms with Crippen molar-refractivity contribution in [2.45, 2.75) is 25.4 Å². The summed E-state index contributed by atoms with van der Waals surface area (Å²) in [4.78, 5) is 34.4. The largest absolute Gasteiger partial charge is 0.490 e. The van der Waals surface area contributed by atoms with Crippen LogP contribution < -0.4 is 4.74 Å². The second-order valence-electron chi connectivity index (χ2n) is 6.51.